The lowest BCUT2D eigenvalue weighted by molar-refractivity contribution is -0.127. The molecule has 1 amide bonds. The van der Waals surface area contributed by atoms with Gasteiger partial charge in [0.15, 0.2) is 11.7 Å². The van der Waals surface area contributed by atoms with Gasteiger partial charge in [-0.05, 0) is 12.8 Å². The minimum Gasteiger partial charge on any atom is -0.383 e. The highest BCUT2D eigenvalue weighted by Crippen LogP contribution is 2.22. The van der Waals surface area contributed by atoms with Crippen LogP contribution in [0.3, 0.4) is 0 Å². The summed E-state index contributed by atoms with van der Waals surface area (Å²) in [5.74, 6) is 1.63. The second-order valence-electron chi connectivity index (χ2n) is 5.96. The first kappa shape index (κ1) is 24.6. The molecular weight excluding hydrogens is 449 g/mol. The number of methoxy groups -OCH3 is 1. The molecule has 9 heteroatoms. The van der Waals surface area contributed by atoms with Crippen LogP contribution in [0.2, 0.25) is 0 Å². The Bertz CT molecular complexity index is 544. The number of nitrogens with zero attached hydrogens (tertiary/aromatic N) is 3. The molecule has 8 nitrogen and oxygen atoms in total. The van der Waals surface area contributed by atoms with Crippen molar-refractivity contribution in [2.45, 2.75) is 39.2 Å². The van der Waals surface area contributed by atoms with E-state index in [1.54, 1.807) is 21.2 Å². The monoisotopic (exact) mass is 481 g/mol. The maximum atomic E-state index is 11.7. The van der Waals surface area contributed by atoms with Crippen molar-refractivity contribution < 1.29 is 14.1 Å². The van der Waals surface area contributed by atoms with Crippen LogP contribution in [0.25, 0.3) is 0 Å². The van der Waals surface area contributed by atoms with Crippen molar-refractivity contribution in [3.8, 4) is 0 Å². The summed E-state index contributed by atoms with van der Waals surface area (Å²) >= 11 is 0. The molecule has 0 saturated carbocycles. The highest BCUT2D eigenvalue weighted by molar-refractivity contribution is 14.0. The Balaban J connectivity index is 0.00000625. The van der Waals surface area contributed by atoms with Gasteiger partial charge in [-0.25, -0.2) is 4.99 Å². The number of likely N-dealkylation sites (N-methyl/N-ethyl adjacent to an activating group) is 1. The molecule has 1 heterocycles. The largest absolute Gasteiger partial charge is 0.383 e. The number of aliphatic imine (C=N–C) groups is 1. The Morgan fingerprint density at radius 3 is 2.62 bits per heavy atom. The van der Waals surface area contributed by atoms with Gasteiger partial charge in [-0.2, -0.15) is 0 Å². The predicted molar refractivity (Wildman–Crippen MR) is 113 cm³/mol. The zero-order chi connectivity index (χ0) is 18.7. The van der Waals surface area contributed by atoms with Crippen LogP contribution in [0.5, 0.6) is 0 Å². The van der Waals surface area contributed by atoms with E-state index in [0.29, 0.717) is 31.6 Å². The number of hydrogen-bond acceptors (Lipinski definition) is 5. The molecular formula is C17H32IN5O3. The Morgan fingerprint density at radius 2 is 2.04 bits per heavy atom. The third-order valence-corrected chi connectivity index (χ3v) is 3.88. The second kappa shape index (κ2) is 13.8. The SMILES string of the molecule is CCC(CC)c1cc(CNC(=NCC(=O)N(C)C)NCCOC)on1.I. The number of amides is 1. The molecule has 1 rings (SSSR count). The average Bonchev–Trinajstić information content (AvgIpc) is 3.06. The number of guanidine groups is 1. The Morgan fingerprint density at radius 1 is 1.35 bits per heavy atom. The number of rotatable bonds is 10. The summed E-state index contributed by atoms with van der Waals surface area (Å²) in [4.78, 5) is 17.5. The molecule has 0 radical (unpaired) electrons. The minimum absolute atomic E-state index is 0. The zero-order valence-electron chi connectivity index (χ0n) is 16.4. The van der Waals surface area contributed by atoms with Crippen molar-refractivity contribution in [3.05, 3.63) is 17.5 Å². The van der Waals surface area contributed by atoms with Crippen LogP contribution < -0.4 is 10.6 Å². The molecule has 0 bridgehead atoms. The number of aromatic nitrogens is 1. The standard InChI is InChI=1S/C17H31N5O3.HI/c1-6-13(7-2)15-10-14(25-21-15)11-19-17(18-8-9-24-5)20-12-16(23)22(3)4;/h10,13H,6-9,11-12H2,1-5H3,(H2,18,19,20);1H. The zero-order valence-corrected chi connectivity index (χ0v) is 18.7. The molecule has 2 N–H and O–H groups in total. The van der Waals surface area contributed by atoms with E-state index in [9.17, 15) is 4.79 Å². The van der Waals surface area contributed by atoms with Gasteiger partial charge in [-0.1, -0.05) is 19.0 Å². The van der Waals surface area contributed by atoms with Crippen molar-refractivity contribution in [1.82, 2.24) is 20.7 Å². The average molecular weight is 481 g/mol. The van der Waals surface area contributed by atoms with Crippen LogP contribution in [0.15, 0.2) is 15.6 Å². The molecule has 0 fully saturated rings. The third-order valence-electron chi connectivity index (χ3n) is 3.88. The Labute approximate surface area is 173 Å². The fourth-order valence-electron chi connectivity index (χ4n) is 2.22. The first-order chi connectivity index (χ1) is 12.0. The Hall–Kier alpha value is -1.36. The third kappa shape index (κ3) is 8.84. The molecule has 0 saturated heterocycles. The maximum Gasteiger partial charge on any atom is 0.243 e. The van der Waals surface area contributed by atoms with Gasteiger partial charge in [-0.3, -0.25) is 4.79 Å². The van der Waals surface area contributed by atoms with Crippen LogP contribution in [0.4, 0.5) is 0 Å². The van der Waals surface area contributed by atoms with Crippen LogP contribution >= 0.6 is 24.0 Å². The van der Waals surface area contributed by atoms with E-state index >= 15 is 0 Å². The van der Waals surface area contributed by atoms with Gasteiger partial charge in [0.05, 0.1) is 18.8 Å². The summed E-state index contributed by atoms with van der Waals surface area (Å²) in [6.45, 7) is 5.95. The highest BCUT2D eigenvalue weighted by Gasteiger charge is 2.13. The molecule has 0 spiro atoms. The summed E-state index contributed by atoms with van der Waals surface area (Å²) in [5.41, 5.74) is 0.982. The summed E-state index contributed by atoms with van der Waals surface area (Å²) in [5, 5.41) is 10.4. The van der Waals surface area contributed by atoms with Gasteiger partial charge in [0.25, 0.3) is 0 Å². The smallest absolute Gasteiger partial charge is 0.243 e. The first-order valence-corrected chi connectivity index (χ1v) is 8.68. The van der Waals surface area contributed by atoms with Crippen molar-refractivity contribution in [3.63, 3.8) is 0 Å². The van der Waals surface area contributed by atoms with Gasteiger partial charge < -0.3 is 24.8 Å². The van der Waals surface area contributed by atoms with Crippen LogP contribution in [-0.4, -0.2) is 62.8 Å². The van der Waals surface area contributed by atoms with Crippen molar-refractivity contribution >= 4 is 35.8 Å². The molecule has 0 aliphatic carbocycles. The molecule has 0 atom stereocenters. The van der Waals surface area contributed by atoms with Gasteiger partial charge in [0.1, 0.15) is 6.54 Å². The number of halogens is 1. The molecule has 1 aromatic heterocycles. The lowest BCUT2D eigenvalue weighted by Gasteiger charge is -2.12. The van der Waals surface area contributed by atoms with Gasteiger partial charge in [0.2, 0.25) is 5.91 Å². The van der Waals surface area contributed by atoms with Crippen molar-refractivity contribution in [2.75, 3.05) is 40.9 Å². The lowest BCUT2D eigenvalue weighted by atomic mass is 9.99. The number of nitrogens with one attached hydrogen (secondary N) is 2. The van der Waals surface area contributed by atoms with Crippen LogP contribution in [-0.2, 0) is 16.1 Å². The predicted octanol–water partition coefficient (Wildman–Crippen LogP) is 1.97. The summed E-state index contributed by atoms with van der Waals surface area (Å²) < 4.78 is 10.4. The van der Waals surface area contributed by atoms with Gasteiger partial charge in [-0.15, -0.1) is 24.0 Å². The normalized spacial score (nSPS) is 11.2. The van der Waals surface area contributed by atoms with Gasteiger partial charge in [0, 0.05) is 39.7 Å². The van der Waals surface area contributed by atoms with E-state index in [1.807, 2.05) is 6.07 Å². The van der Waals surface area contributed by atoms with E-state index in [1.165, 1.54) is 4.90 Å². The van der Waals surface area contributed by atoms with E-state index in [4.69, 9.17) is 9.26 Å². The fraction of sp³-hybridized carbons (Fsp3) is 0.706. The number of carbonyl (C=O) groups excluding carboxylic acids is 1. The number of hydrogen-bond donors (Lipinski definition) is 2. The maximum absolute atomic E-state index is 11.7. The van der Waals surface area contributed by atoms with Crippen molar-refractivity contribution in [2.24, 2.45) is 4.99 Å². The molecule has 0 aliphatic rings. The van der Waals surface area contributed by atoms with Crippen molar-refractivity contribution in [1.29, 1.82) is 0 Å². The van der Waals surface area contributed by atoms with Gasteiger partial charge >= 0.3 is 0 Å². The highest BCUT2D eigenvalue weighted by atomic mass is 127. The molecule has 0 aliphatic heterocycles. The van der Waals surface area contributed by atoms with E-state index in [0.717, 1.165) is 24.3 Å². The summed E-state index contributed by atoms with van der Waals surface area (Å²) in [6.07, 6.45) is 2.07. The molecule has 0 unspecified atom stereocenters. The second-order valence-corrected chi connectivity index (χ2v) is 5.96. The molecule has 26 heavy (non-hydrogen) atoms. The quantitative estimate of drug-likeness (QED) is 0.230. The lowest BCUT2D eigenvalue weighted by Crippen LogP contribution is -2.39. The van der Waals surface area contributed by atoms with Crippen LogP contribution in [0.1, 0.15) is 44.1 Å². The van der Waals surface area contributed by atoms with E-state index in [2.05, 4.69) is 34.6 Å². The molecule has 150 valence electrons. The van der Waals surface area contributed by atoms with E-state index < -0.39 is 0 Å². The number of carbonyl (C=O) groups is 1. The first-order valence-electron chi connectivity index (χ1n) is 8.68. The molecule has 0 aromatic carbocycles. The topological polar surface area (TPSA) is 92.0 Å². The minimum atomic E-state index is -0.0662. The molecule has 1 aromatic rings. The summed E-state index contributed by atoms with van der Waals surface area (Å²) in [7, 11) is 5.05. The summed E-state index contributed by atoms with van der Waals surface area (Å²) in [6, 6.07) is 1.97. The fourth-order valence-corrected chi connectivity index (χ4v) is 2.22. The number of ether oxygens (including phenoxy) is 1. The van der Waals surface area contributed by atoms with Crippen LogP contribution in [0, 0.1) is 0 Å². The Kier molecular flexibility index (Phi) is 13.1. The van der Waals surface area contributed by atoms with E-state index in [-0.39, 0.29) is 36.4 Å².